The van der Waals surface area contributed by atoms with E-state index in [1.54, 1.807) is 6.07 Å². The fourth-order valence-corrected chi connectivity index (χ4v) is 2.65. The molecule has 0 aliphatic heterocycles. The van der Waals surface area contributed by atoms with E-state index < -0.39 is 0 Å². The molecule has 0 aliphatic rings. The maximum atomic E-state index is 13.7. The third kappa shape index (κ3) is 3.92. The molecular formula is C19H24FN. The van der Waals surface area contributed by atoms with Crippen molar-refractivity contribution < 1.29 is 4.39 Å². The molecule has 0 radical (unpaired) electrons. The molecule has 0 bridgehead atoms. The lowest BCUT2D eigenvalue weighted by Gasteiger charge is -2.17. The molecule has 1 N–H and O–H groups in total. The lowest BCUT2D eigenvalue weighted by Crippen LogP contribution is -2.13. The molecule has 21 heavy (non-hydrogen) atoms. The Morgan fingerprint density at radius 1 is 1.05 bits per heavy atom. The SMILES string of the molecule is CNC(C)c1ccc(F)cc1-c1cccc(CC(C)C)c1. The third-order valence-electron chi connectivity index (χ3n) is 3.80. The van der Waals surface area contributed by atoms with Crippen LogP contribution in [0.15, 0.2) is 42.5 Å². The van der Waals surface area contributed by atoms with Crippen LogP contribution >= 0.6 is 0 Å². The van der Waals surface area contributed by atoms with E-state index >= 15 is 0 Å². The summed E-state index contributed by atoms with van der Waals surface area (Å²) in [5.41, 5.74) is 4.49. The Morgan fingerprint density at radius 3 is 2.48 bits per heavy atom. The smallest absolute Gasteiger partial charge is 0.123 e. The molecule has 0 aliphatic carbocycles. The van der Waals surface area contributed by atoms with Gasteiger partial charge in [0, 0.05) is 6.04 Å². The van der Waals surface area contributed by atoms with Gasteiger partial charge in [-0.25, -0.2) is 4.39 Å². The number of nitrogens with one attached hydrogen (secondary N) is 1. The highest BCUT2D eigenvalue weighted by Gasteiger charge is 2.12. The van der Waals surface area contributed by atoms with Crippen molar-refractivity contribution in [2.24, 2.45) is 5.92 Å². The van der Waals surface area contributed by atoms with Crippen molar-refractivity contribution >= 4 is 0 Å². The van der Waals surface area contributed by atoms with E-state index in [1.165, 1.54) is 11.6 Å². The van der Waals surface area contributed by atoms with Gasteiger partial charge in [-0.2, -0.15) is 0 Å². The minimum atomic E-state index is -0.189. The van der Waals surface area contributed by atoms with Gasteiger partial charge in [0.25, 0.3) is 0 Å². The Balaban J connectivity index is 2.47. The van der Waals surface area contributed by atoms with Crippen LogP contribution in [-0.4, -0.2) is 7.05 Å². The number of benzene rings is 2. The van der Waals surface area contributed by atoms with Gasteiger partial charge in [-0.05, 0) is 60.7 Å². The molecule has 2 aromatic carbocycles. The van der Waals surface area contributed by atoms with Gasteiger partial charge >= 0.3 is 0 Å². The number of rotatable bonds is 5. The quantitative estimate of drug-likeness (QED) is 0.817. The summed E-state index contributed by atoms with van der Waals surface area (Å²) in [6.45, 7) is 6.52. The minimum absolute atomic E-state index is 0.189. The lowest BCUT2D eigenvalue weighted by molar-refractivity contribution is 0.620. The van der Waals surface area contributed by atoms with Crippen LogP contribution in [0, 0.1) is 11.7 Å². The predicted molar refractivity (Wildman–Crippen MR) is 87.9 cm³/mol. The summed E-state index contributed by atoms with van der Waals surface area (Å²) >= 11 is 0. The van der Waals surface area contributed by atoms with E-state index in [9.17, 15) is 4.39 Å². The Kier molecular flexibility index (Phi) is 5.13. The van der Waals surface area contributed by atoms with Crippen molar-refractivity contribution in [3.63, 3.8) is 0 Å². The predicted octanol–water partition coefficient (Wildman–Crippen LogP) is 4.97. The van der Waals surface area contributed by atoms with Gasteiger partial charge in [0.2, 0.25) is 0 Å². The van der Waals surface area contributed by atoms with Crippen LogP contribution in [0.25, 0.3) is 11.1 Å². The van der Waals surface area contributed by atoms with Crippen molar-refractivity contribution in [1.29, 1.82) is 0 Å². The molecule has 2 heteroatoms. The average Bonchev–Trinajstić information content (AvgIpc) is 2.46. The van der Waals surface area contributed by atoms with E-state index in [0.29, 0.717) is 5.92 Å². The van der Waals surface area contributed by atoms with Crippen molar-refractivity contribution in [3.8, 4) is 11.1 Å². The van der Waals surface area contributed by atoms with Crippen LogP contribution in [0.3, 0.4) is 0 Å². The van der Waals surface area contributed by atoms with Crippen molar-refractivity contribution in [2.45, 2.75) is 33.2 Å². The van der Waals surface area contributed by atoms with Gasteiger partial charge in [-0.3, -0.25) is 0 Å². The number of halogens is 1. The molecule has 0 amide bonds. The van der Waals surface area contributed by atoms with Crippen LogP contribution in [0.4, 0.5) is 4.39 Å². The molecular weight excluding hydrogens is 261 g/mol. The molecule has 2 rings (SSSR count). The van der Waals surface area contributed by atoms with E-state index in [1.807, 2.05) is 13.1 Å². The first kappa shape index (κ1) is 15.7. The van der Waals surface area contributed by atoms with Crippen molar-refractivity contribution in [3.05, 3.63) is 59.4 Å². The first-order valence-electron chi connectivity index (χ1n) is 7.57. The van der Waals surface area contributed by atoms with E-state index in [4.69, 9.17) is 0 Å². The molecule has 112 valence electrons. The fraction of sp³-hybridized carbons (Fsp3) is 0.368. The van der Waals surface area contributed by atoms with Crippen LogP contribution in [0.1, 0.15) is 37.9 Å². The minimum Gasteiger partial charge on any atom is -0.313 e. The van der Waals surface area contributed by atoms with Gasteiger partial charge in [0.05, 0.1) is 0 Å². The van der Waals surface area contributed by atoms with E-state index in [-0.39, 0.29) is 11.9 Å². The molecule has 2 aromatic rings. The summed E-state index contributed by atoms with van der Waals surface area (Å²) in [6, 6.07) is 13.7. The van der Waals surface area contributed by atoms with Gasteiger partial charge in [-0.15, -0.1) is 0 Å². The number of hydrogen-bond donors (Lipinski definition) is 1. The highest BCUT2D eigenvalue weighted by molar-refractivity contribution is 5.68. The largest absolute Gasteiger partial charge is 0.313 e. The van der Waals surface area contributed by atoms with Crippen molar-refractivity contribution in [2.75, 3.05) is 7.05 Å². The molecule has 1 unspecified atom stereocenters. The summed E-state index contributed by atoms with van der Waals surface area (Å²) in [5, 5.41) is 3.24. The standard InChI is InChI=1S/C19H24FN/c1-13(2)10-15-6-5-7-16(11-15)19-12-17(20)8-9-18(19)14(3)21-4/h5-9,11-14,21H,10H2,1-4H3. The summed E-state index contributed by atoms with van der Waals surface area (Å²) in [7, 11) is 1.92. The summed E-state index contributed by atoms with van der Waals surface area (Å²) in [6.07, 6.45) is 1.04. The van der Waals surface area contributed by atoms with Crippen LogP contribution in [0.5, 0.6) is 0 Å². The Bertz CT molecular complexity index is 604. The van der Waals surface area contributed by atoms with Crippen molar-refractivity contribution in [1.82, 2.24) is 5.32 Å². The van der Waals surface area contributed by atoms with Crippen LogP contribution in [0.2, 0.25) is 0 Å². The maximum Gasteiger partial charge on any atom is 0.123 e. The van der Waals surface area contributed by atoms with Crippen LogP contribution < -0.4 is 5.32 Å². The first-order chi connectivity index (χ1) is 10.0. The first-order valence-corrected chi connectivity index (χ1v) is 7.57. The second-order valence-electron chi connectivity index (χ2n) is 6.04. The molecule has 0 saturated carbocycles. The van der Waals surface area contributed by atoms with Gasteiger partial charge in [0.15, 0.2) is 0 Å². The topological polar surface area (TPSA) is 12.0 Å². The van der Waals surface area contributed by atoms with E-state index in [0.717, 1.165) is 23.1 Å². The Morgan fingerprint density at radius 2 is 1.81 bits per heavy atom. The lowest BCUT2D eigenvalue weighted by atomic mass is 9.93. The van der Waals surface area contributed by atoms with Gasteiger partial charge in [-0.1, -0.05) is 44.2 Å². The fourth-order valence-electron chi connectivity index (χ4n) is 2.65. The summed E-state index contributed by atoms with van der Waals surface area (Å²) in [5.74, 6) is 0.426. The monoisotopic (exact) mass is 285 g/mol. The molecule has 0 aromatic heterocycles. The maximum absolute atomic E-state index is 13.7. The zero-order valence-corrected chi connectivity index (χ0v) is 13.3. The molecule has 0 saturated heterocycles. The third-order valence-corrected chi connectivity index (χ3v) is 3.80. The second-order valence-corrected chi connectivity index (χ2v) is 6.04. The highest BCUT2D eigenvalue weighted by atomic mass is 19.1. The summed E-state index contributed by atoms with van der Waals surface area (Å²) < 4.78 is 13.7. The molecule has 0 spiro atoms. The Hall–Kier alpha value is -1.67. The zero-order chi connectivity index (χ0) is 15.4. The average molecular weight is 285 g/mol. The zero-order valence-electron chi connectivity index (χ0n) is 13.3. The molecule has 0 heterocycles. The van der Waals surface area contributed by atoms with Crippen LogP contribution in [-0.2, 0) is 6.42 Å². The molecule has 0 fully saturated rings. The van der Waals surface area contributed by atoms with E-state index in [2.05, 4.69) is 50.4 Å². The number of hydrogen-bond acceptors (Lipinski definition) is 1. The van der Waals surface area contributed by atoms with Gasteiger partial charge in [0.1, 0.15) is 5.82 Å². The highest BCUT2D eigenvalue weighted by Crippen LogP contribution is 2.30. The molecule has 1 nitrogen and oxygen atoms in total. The second kappa shape index (κ2) is 6.86. The normalized spacial score (nSPS) is 12.7. The Labute approximate surface area is 127 Å². The molecule has 1 atom stereocenters. The summed E-state index contributed by atoms with van der Waals surface area (Å²) in [4.78, 5) is 0. The van der Waals surface area contributed by atoms with Gasteiger partial charge < -0.3 is 5.32 Å².